The maximum absolute atomic E-state index is 12.1. The highest BCUT2D eigenvalue weighted by Gasteiger charge is 2.33. The molecule has 2 unspecified atom stereocenters. The molecule has 0 saturated heterocycles. The van der Waals surface area contributed by atoms with Crippen LogP contribution in [-0.4, -0.2) is 23.6 Å². The summed E-state index contributed by atoms with van der Waals surface area (Å²) in [6.07, 6.45) is 1.09. The van der Waals surface area contributed by atoms with Crippen molar-refractivity contribution in [2.75, 3.05) is 11.8 Å². The van der Waals surface area contributed by atoms with Gasteiger partial charge in [-0.3, -0.25) is 0 Å². The van der Waals surface area contributed by atoms with Crippen molar-refractivity contribution in [3.8, 4) is 6.07 Å². The fraction of sp³-hybridized carbons (Fsp3) is 0.364. The first-order valence-corrected chi connectivity index (χ1v) is 12.5. The minimum atomic E-state index is -0.718. The van der Waals surface area contributed by atoms with E-state index in [0.717, 1.165) is 28.4 Å². The molecule has 3 N–H and O–H groups in total. The van der Waals surface area contributed by atoms with Crippen LogP contribution in [0.2, 0.25) is 0 Å². The highest BCUT2D eigenvalue weighted by atomic mass is 32.7. The van der Waals surface area contributed by atoms with Crippen LogP contribution >= 0.6 is 7.66 Å². The molecule has 0 amide bonds. The van der Waals surface area contributed by atoms with Gasteiger partial charge in [0.05, 0.1) is 29.9 Å². The first-order chi connectivity index (χ1) is 14.3. The van der Waals surface area contributed by atoms with E-state index in [4.69, 9.17) is 0 Å². The summed E-state index contributed by atoms with van der Waals surface area (Å²) in [6, 6.07) is 16.0. The summed E-state index contributed by atoms with van der Waals surface area (Å²) in [6.45, 7) is 8.64. The fourth-order valence-corrected chi connectivity index (χ4v) is 5.38. The fourth-order valence-electron chi connectivity index (χ4n) is 3.33. The molecule has 0 aromatic heterocycles. The molecule has 30 heavy (non-hydrogen) atoms. The van der Waals surface area contributed by atoms with Gasteiger partial charge in [0.1, 0.15) is 0 Å². The number of hydrazine groups is 1. The summed E-state index contributed by atoms with van der Waals surface area (Å²) in [5, 5.41) is 9.38. The zero-order valence-electron chi connectivity index (χ0n) is 18.0. The molecule has 1 aliphatic heterocycles. The zero-order chi connectivity index (χ0) is 21.9. The Bertz CT molecular complexity index is 1010. The van der Waals surface area contributed by atoms with E-state index >= 15 is 0 Å². The summed E-state index contributed by atoms with van der Waals surface area (Å²) in [5.41, 5.74) is 10.1. The number of anilines is 1. The van der Waals surface area contributed by atoms with Crippen LogP contribution in [0.1, 0.15) is 50.8 Å². The predicted octanol–water partition coefficient (Wildman–Crippen LogP) is 4.30. The highest BCUT2D eigenvalue weighted by molar-refractivity contribution is 8.43. The van der Waals surface area contributed by atoms with Gasteiger partial charge in [-0.1, -0.05) is 39.8 Å². The van der Waals surface area contributed by atoms with Gasteiger partial charge in [-0.25, -0.2) is 9.14 Å². The summed E-state index contributed by atoms with van der Waals surface area (Å²) >= 11 is 0. The van der Waals surface area contributed by atoms with Gasteiger partial charge in [-0.15, -0.1) is 5.43 Å². The van der Waals surface area contributed by atoms with Gasteiger partial charge >= 0.3 is 7.66 Å². The van der Waals surface area contributed by atoms with Crippen LogP contribution in [0.3, 0.4) is 0 Å². The van der Waals surface area contributed by atoms with Crippen molar-refractivity contribution < 1.29 is 9.14 Å². The maximum atomic E-state index is 12.1. The van der Waals surface area contributed by atoms with E-state index in [1.807, 2.05) is 31.3 Å². The third-order valence-electron chi connectivity index (χ3n) is 5.19. The minimum Gasteiger partial charge on any atom is -0.244 e. The number of rotatable bonds is 6. The number of nitrogens with zero attached hydrogens (tertiary/aromatic N) is 2. The Labute approximate surface area is 182 Å². The average molecular weight is 442 g/mol. The molecule has 2 aromatic carbocycles. The Balaban J connectivity index is 1.96. The Kier molecular flexibility index (Phi) is 6.82. The topological polar surface area (TPSA) is 80.0 Å². The number of hydrogen-bond donors (Lipinski definition) is 3. The van der Waals surface area contributed by atoms with Crippen molar-refractivity contribution >= 4 is 29.9 Å². The smallest absolute Gasteiger partial charge is 0.244 e. The molecule has 2 atom stereocenters. The van der Waals surface area contributed by atoms with Crippen LogP contribution in [0.25, 0.3) is 0 Å². The monoisotopic (exact) mass is 441 g/mol. The minimum absolute atomic E-state index is 0.00622. The summed E-state index contributed by atoms with van der Waals surface area (Å²) in [7, 11) is 1.30. The van der Waals surface area contributed by atoms with E-state index in [1.54, 1.807) is 6.07 Å². The summed E-state index contributed by atoms with van der Waals surface area (Å²) in [5.74, 6) is 0.885. The molecule has 2 aromatic rings. The van der Waals surface area contributed by atoms with E-state index in [2.05, 4.69) is 66.0 Å². The molecule has 0 fully saturated rings. The van der Waals surface area contributed by atoms with Crippen LogP contribution in [0.5, 0.6) is 0 Å². The maximum Gasteiger partial charge on any atom is 0.463 e. The van der Waals surface area contributed by atoms with E-state index in [0.29, 0.717) is 5.56 Å². The molecular weight excluding hydrogens is 413 g/mol. The van der Waals surface area contributed by atoms with Crippen LogP contribution < -0.4 is 15.6 Å². The van der Waals surface area contributed by atoms with Gasteiger partial charge in [0.2, 0.25) is 10.7 Å². The van der Waals surface area contributed by atoms with Crippen molar-refractivity contribution in [1.29, 1.82) is 5.26 Å². The van der Waals surface area contributed by atoms with Gasteiger partial charge in [0, 0.05) is 6.42 Å². The summed E-state index contributed by atoms with van der Waals surface area (Å²) < 4.78 is 17.6. The lowest BCUT2D eigenvalue weighted by Gasteiger charge is -2.18. The Morgan fingerprint density at radius 3 is 2.47 bits per heavy atom. The zero-order valence-corrected chi connectivity index (χ0v) is 19.7. The second-order valence-corrected chi connectivity index (χ2v) is 11.2. The molecule has 156 valence electrons. The van der Waals surface area contributed by atoms with Crippen molar-refractivity contribution in [3.63, 3.8) is 0 Å². The molecule has 0 bridgehead atoms. The second kappa shape index (κ2) is 9.18. The van der Waals surface area contributed by atoms with Crippen LogP contribution in [0, 0.1) is 11.3 Å². The van der Waals surface area contributed by atoms with Gasteiger partial charge in [0.15, 0.2) is 11.1 Å². The van der Waals surface area contributed by atoms with Gasteiger partial charge in [0.25, 0.3) is 5.84 Å². The Morgan fingerprint density at radius 2 is 1.93 bits per heavy atom. The Morgan fingerprint density at radius 1 is 1.23 bits per heavy atom. The molecule has 8 heteroatoms. The van der Waals surface area contributed by atoms with Crippen molar-refractivity contribution in [1.82, 2.24) is 10.9 Å². The molecular formula is C22H28N5OPS+2. The summed E-state index contributed by atoms with van der Waals surface area (Å²) in [4.78, 5) is 0.970. The molecule has 1 heterocycles. The average Bonchev–Trinajstić information content (AvgIpc) is 3.11. The first-order valence-electron chi connectivity index (χ1n) is 9.89. The van der Waals surface area contributed by atoms with Gasteiger partial charge in [-0.05, 0) is 41.3 Å². The largest absolute Gasteiger partial charge is 0.463 e. The molecule has 0 saturated carbocycles. The molecule has 0 spiro atoms. The number of hydrogen-bond acceptors (Lipinski definition) is 5. The third kappa shape index (κ3) is 4.67. The third-order valence-corrected chi connectivity index (χ3v) is 7.83. The SMILES string of the molecule is CCC1NNC(c2cc(C#N)ccc2N[S+](P=O)c2ccc(C(C)(C)C)cc2)=[N+]1C. The van der Waals surface area contributed by atoms with Crippen molar-refractivity contribution in [2.45, 2.75) is 50.6 Å². The number of nitriles is 1. The lowest BCUT2D eigenvalue weighted by molar-refractivity contribution is -0.534. The normalized spacial score (nSPS) is 17.5. The molecule has 3 rings (SSSR count). The van der Waals surface area contributed by atoms with E-state index < -0.39 is 10.7 Å². The van der Waals surface area contributed by atoms with Crippen LogP contribution in [-0.2, 0) is 20.7 Å². The van der Waals surface area contributed by atoms with E-state index in [-0.39, 0.29) is 19.2 Å². The molecule has 0 radical (unpaired) electrons. The first kappa shape index (κ1) is 22.3. The predicted molar refractivity (Wildman–Crippen MR) is 124 cm³/mol. The van der Waals surface area contributed by atoms with Gasteiger partial charge < -0.3 is 0 Å². The van der Waals surface area contributed by atoms with Crippen LogP contribution in [0.4, 0.5) is 5.69 Å². The quantitative estimate of drug-likeness (QED) is 0.354. The molecule has 0 aliphatic carbocycles. The van der Waals surface area contributed by atoms with Gasteiger partial charge in [-0.2, -0.15) is 15.4 Å². The van der Waals surface area contributed by atoms with E-state index in [9.17, 15) is 9.83 Å². The van der Waals surface area contributed by atoms with E-state index in [1.165, 1.54) is 5.56 Å². The Hall–Kier alpha value is -2.39. The highest BCUT2D eigenvalue weighted by Crippen LogP contribution is 2.31. The van der Waals surface area contributed by atoms with Crippen molar-refractivity contribution in [3.05, 3.63) is 59.2 Å². The standard InChI is InChI=1S/C22H27N5OPS/c1-6-20-24-25-21(27(20)5)18-13-15(14-23)7-12-19(18)26-30(29-28)17-10-8-16(9-11-17)22(2,3)4/h7-13,20,24H,6H2,1-5H3,(H,25,26)/q+1/p+1. The molecule has 1 aliphatic rings. The second-order valence-electron chi connectivity index (χ2n) is 8.26. The lowest BCUT2D eigenvalue weighted by Crippen LogP contribution is -2.36. The number of amidine groups is 1. The lowest BCUT2D eigenvalue weighted by atomic mass is 9.87. The van der Waals surface area contributed by atoms with Crippen molar-refractivity contribution in [2.24, 2.45) is 0 Å². The number of benzene rings is 2. The molecule has 6 nitrogen and oxygen atoms in total. The van der Waals surface area contributed by atoms with Crippen LogP contribution in [0.15, 0.2) is 47.4 Å². The number of nitrogens with one attached hydrogen (secondary N) is 3.